The van der Waals surface area contributed by atoms with E-state index in [1.54, 1.807) is 0 Å². The van der Waals surface area contributed by atoms with Gasteiger partial charge in [-0.3, -0.25) is 0 Å². The molecule has 0 aliphatic rings. The molecule has 0 aliphatic carbocycles. The van der Waals surface area contributed by atoms with Crippen molar-refractivity contribution in [1.29, 1.82) is 0 Å². The molecule has 2 heteroatoms. The maximum atomic E-state index is 9.36. The van der Waals surface area contributed by atoms with Gasteiger partial charge in [-0.1, -0.05) is 29.8 Å². The molecule has 16 heavy (non-hydrogen) atoms. The van der Waals surface area contributed by atoms with Crippen molar-refractivity contribution in [2.45, 2.75) is 32.6 Å². The van der Waals surface area contributed by atoms with Crippen LogP contribution in [0.4, 0.5) is 0 Å². The summed E-state index contributed by atoms with van der Waals surface area (Å²) in [4.78, 5) is 0. The monoisotopic (exact) mass is 222 g/mol. The fraction of sp³-hybridized carbons (Fsp3) is 0.571. The third-order valence-electron chi connectivity index (χ3n) is 2.81. The summed E-state index contributed by atoms with van der Waals surface area (Å²) in [6.45, 7) is 5.86. The van der Waals surface area contributed by atoms with Gasteiger partial charge >= 0.3 is 0 Å². The van der Waals surface area contributed by atoms with Crippen molar-refractivity contribution in [2.75, 3.05) is 19.8 Å². The van der Waals surface area contributed by atoms with E-state index < -0.39 is 0 Å². The molecule has 2 nitrogen and oxygen atoms in total. The number of hydrogen-bond donors (Lipinski definition) is 1. The molecule has 1 rings (SSSR count). The van der Waals surface area contributed by atoms with Crippen molar-refractivity contribution in [3.8, 4) is 0 Å². The zero-order valence-corrected chi connectivity index (χ0v) is 10.3. The minimum absolute atomic E-state index is 0.217. The largest absolute Gasteiger partial charge is 0.396 e. The van der Waals surface area contributed by atoms with E-state index in [2.05, 4.69) is 31.2 Å². The summed E-state index contributed by atoms with van der Waals surface area (Å²) in [6.07, 6.45) is 1.99. The van der Waals surface area contributed by atoms with Gasteiger partial charge in [0, 0.05) is 25.7 Å². The van der Waals surface area contributed by atoms with Crippen LogP contribution in [0.1, 0.15) is 36.8 Å². The van der Waals surface area contributed by atoms with E-state index in [0.29, 0.717) is 0 Å². The Hall–Kier alpha value is -0.860. The van der Waals surface area contributed by atoms with Crippen molar-refractivity contribution in [1.82, 2.24) is 0 Å². The van der Waals surface area contributed by atoms with Gasteiger partial charge in [0.1, 0.15) is 0 Å². The normalized spacial score (nSPS) is 12.7. The van der Waals surface area contributed by atoms with Gasteiger partial charge < -0.3 is 9.84 Å². The number of hydrogen-bond acceptors (Lipinski definition) is 2. The molecular formula is C14H22O2. The van der Waals surface area contributed by atoms with Gasteiger partial charge in [-0.15, -0.1) is 0 Å². The minimum Gasteiger partial charge on any atom is -0.396 e. The predicted molar refractivity (Wildman–Crippen MR) is 66.7 cm³/mol. The van der Waals surface area contributed by atoms with Gasteiger partial charge in [0.2, 0.25) is 0 Å². The average Bonchev–Trinajstić information content (AvgIpc) is 2.31. The smallest absolute Gasteiger partial charge is 0.0499 e. The lowest BCUT2D eigenvalue weighted by atomic mass is 9.94. The van der Waals surface area contributed by atoms with E-state index in [9.17, 15) is 5.11 Å². The van der Waals surface area contributed by atoms with Crippen LogP contribution in [0.25, 0.3) is 0 Å². The maximum absolute atomic E-state index is 9.36. The Bertz CT molecular complexity index is 279. The molecule has 1 N–H and O–H groups in total. The molecule has 0 radical (unpaired) electrons. The Morgan fingerprint density at radius 2 is 1.94 bits per heavy atom. The Morgan fingerprint density at radius 3 is 2.50 bits per heavy atom. The van der Waals surface area contributed by atoms with Gasteiger partial charge in [-0.2, -0.15) is 0 Å². The molecule has 90 valence electrons. The number of aliphatic hydroxyl groups excluding tert-OH is 1. The molecule has 0 heterocycles. The van der Waals surface area contributed by atoms with E-state index in [0.717, 1.165) is 26.1 Å². The molecular weight excluding hydrogens is 200 g/mol. The molecule has 1 aromatic carbocycles. The van der Waals surface area contributed by atoms with Crippen LogP contribution < -0.4 is 0 Å². The van der Waals surface area contributed by atoms with Gasteiger partial charge in [0.15, 0.2) is 0 Å². The van der Waals surface area contributed by atoms with Crippen molar-refractivity contribution in [3.63, 3.8) is 0 Å². The van der Waals surface area contributed by atoms with E-state index in [-0.39, 0.29) is 12.5 Å². The van der Waals surface area contributed by atoms with Crippen LogP contribution in [0.3, 0.4) is 0 Å². The number of benzene rings is 1. The number of aryl methyl sites for hydroxylation is 1. The van der Waals surface area contributed by atoms with Crippen molar-refractivity contribution in [3.05, 3.63) is 35.4 Å². The van der Waals surface area contributed by atoms with Crippen LogP contribution in [-0.4, -0.2) is 24.9 Å². The fourth-order valence-electron chi connectivity index (χ4n) is 1.78. The summed E-state index contributed by atoms with van der Waals surface area (Å²) in [5.41, 5.74) is 2.49. The average molecular weight is 222 g/mol. The first-order valence-electron chi connectivity index (χ1n) is 6.03. The molecule has 0 amide bonds. The molecule has 0 saturated heterocycles. The third-order valence-corrected chi connectivity index (χ3v) is 2.81. The zero-order chi connectivity index (χ0) is 11.8. The second-order valence-electron chi connectivity index (χ2n) is 4.13. The zero-order valence-electron chi connectivity index (χ0n) is 10.3. The van der Waals surface area contributed by atoms with Crippen LogP contribution >= 0.6 is 0 Å². The molecule has 0 saturated carbocycles. The summed E-state index contributed by atoms with van der Waals surface area (Å²) in [5.74, 6) is 0.251. The van der Waals surface area contributed by atoms with Crippen LogP contribution in [-0.2, 0) is 4.74 Å². The summed E-state index contributed by atoms with van der Waals surface area (Å²) in [7, 11) is 0. The number of aliphatic hydroxyl groups is 1. The van der Waals surface area contributed by atoms with E-state index in [1.807, 2.05) is 6.92 Å². The molecule has 1 aromatic rings. The molecule has 0 fully saturated rings. The highest BCUT2D eigenvalue weighted by molar-refractivity contribution is 5.24. The second-order valence-corrected chi connectivity index (χ2v) is 4.13. The van der Waals surface area contributed by atoms with Crippen LogP contribution in [0.15, 0.2) is 24.3 Å². The lowest BCUT2D eigenvalue weighted by Crippen LogP contribution is -2.06. The number of rotatable bonds is 7. The Balaban J connectivity index is 2.44. The first-order valence-corrected chi connectivity index (χ1v) is 6.03. The van der Waals surface area contributed by atoms with Gasteiger partial charge in [-0.25, -0.2) is 0 Å². The summed E-state index contributed by atoms with van der Waals surface area (Å²) < 4.78 is 5.30. The highest BCUT2D eigenvalue weighted by atomic mass is 16.5. The summed E-state index contributed by atoms with van der Waals surface area (Å²) in [5, 5.41) is 9.36. The lowest BCUT2D eigenvalue weighted by Gasteiger charge is -2.14. The Kier molecular flexibility index (Phi) is 6.12. The van der Waals surface area contributed by atoms with Crippen molar-refractivity contribution >= 4 is 0 Å². The number of ether oxygens (including phenoxy) is 1. The topological polar surface area (TPSA) is 29.5 Å². The van der Waals surface area contributed by atoms with Crippen molar-refractivity contribution < 1.29 is 9.84 Å². The molecule has 0 aliphatic heterocycles. The third kappa shape index (κ3) is 4.33. The van der Waals surface area contributed by atoms with Gasteiger partial charge in [0.05, 0.1) is 0 Å². The molecule has 1 unspecified atom stereocenters. The van der Waals surface area contributed by atoms with Crippen LogP contribution in [0, 0.1) is 6.92 Å². The molecule has 1 atom stereocenters. The van der Waals surface area contributed by atoms with Gasteiger partial charge in [0.25, 0.3) is 0 Å². The van der Waals surface area contributed by atoms with E-state index >= 15 is 0 Å². The molecule has 0 bridgehead atoms. The second kappa shape index (κ2) is 7.42. The summed E-state index contributed by atoms with van der Waals surface area (Å²) in [6, 6.07) is 8.41. The highest BCUT2D eigenvalue weighted by Crippen LogP contribution is 2.21. The van der Waals surface area contributed by atoms with Gasteiger partial charge in [-0.05, 0) is 32.3 Å². The van der Waals surface area contributed by atoms with E-state index in [4.69, 9.17) is 4.74 Å². The fourth-order valence-corrected chi connectivity index (χ4v) is 1.78. The Morgan fingerprint density at radius 1 is 1.25 bits per heavy atom. The Labute approximate surface area is 98.3 Å². The minimum atomic E-state index is 0.217. The van der Waals surface area contributed by atoms with Crippen LogP contribution in [0.2, 0.25) is 0 Å². The highest BCUT2D eigenvalue weighted by Gasteiger charge is 2.09. The molecule has 0 spiro atoms. The van der Waals surface area contributed by atoms with Crippen LogP contribution in [0.5, 0.6) is 0 Å². The first-order chi connectivity index (χ1) is 7.77. The quantitative estimate of drug-likeness (QED) is 0.719. The standard InChI is InChI=1S/C14H22O2/c1-3-16-10-4-5-14(11-15)13-8-6-12(2)7-9-13/h6-9,14-15H,3-5,10-11H2,1-2H3. The predicted octanol–water partition coefficient (Wildman–Crippen LogP) is 2.89. The SMILES string of the molecule is CCOCCCC(CO)c1ccc(C)cc1. The molecule has 0 aromatic heterocycles. The summed E-state index contributed by atoms with van der Waals surface area (Å²) >= 11 is 0. The lowest BCUT2D eigenvalue weighted by molar-refractivity contribution is 0.138. The van der Waals surface area contributed by atoms with E-state index in [1.165, 1.54) is 11.1 Å². The van der Waals surface area contributed by atoms with Crippen molar-refractivity contribution in [2.24, 2.45) is 0 Å². The maximum Gasteiger partial charge on any atom is 0.0499 e. The first kappa shape index (κ1) is 13.2.